The Bertz CT molecular complexity index is 714. The predicted molar refractivity (Wildman–Crippen MR) is 99.3 cm³/mol. The number of nitrogens with zero attached hydrogens (tertiary/aromatic N) is 1. The van der Waals surface area contributed by atoms with E-state index in [1.807, 2.05) is 30.3 Å². The van der Waals surface area contributed by atoms with Crippen LogP contribution in [-0.2, 0) is 20.7 Å². The minimum absolute atomic E-state index is 0.178. The molecule has 2 aliphatic rings. The molecule has 0 spiro atoms. The van der Waals surface area contributed by atoms with E-state index >= 15 is 0 Å². The third-order valence-corrected chi connectivity index (χ3v) is 6.61. The van der Waals surface area contributed by atoms with Gasteiger partial charge in [-0.2, -0.15) is 0 Å². The van der Waals surface area contributed by atoms with Crippen molar-refractivity contribution in [2.45, 2.75) is 24.4 Å². The number of nitrogens with one attached hydrogen (secondary N) is 1. The SMILES string of the molecule is COC1(NC(=S)Cc2ccccc2)C(=O)N2CC(C)(C(=O)O)CS[C@@H]21. The first kappa shape index (κ1) is 18.2. The number of amides is 1. The maximum atomic E-state index is 12.7. The van der Waals surface area contributed by atoms with Crippen molar-refractivity contribution < 1.29 is 19.4 Å². The van der Waals surface area contributed by atoms with Gasteiger partial charge in [0.05, 0.1) is 10.4 Å². The summed E-state index contributed by atoms with van der Waals surface area (Å²) in [6, 6.07) is 9.74. The second kappa shape index (κ2) is 6.59. The number of thiocarbonyl (C=S) groups is 1. The zero-order chi connectivity index (χ0) is 18.2. The van der Waals surface area contributed by atoms with Crippen molar-refractivity contribution in [2.24, 2.45) is 5.41 Å². The van der Waals surface area contributed by atoms with Crippen LogP contribution in [0.15, 0.2) is 30.3 Å². The first-order valence-corrected chi connectivity index (χ1v) is 9.34. The number of ether oxygens (including phenoxy) is 1. The second-order valence-corrected chi connectivity index (χ2v) is 8.17. The minimum atomic E-state index is -1.21. The molecule has 2 heterocycles. The molecule has 0 aromatic heterocycles. The standard InChI is InChI=1S/C17H20N2O4S2/c1-16(15(21)22)9-19-13(20)17(23-2,14(19)25-10-16)18-12(24)8-11-6-4-3-5-7-11/h3-7,14H,8-10H2,1-2H3,(H,18,24)(H,21,22)/t14-,16?,17?/m1/s1. The van der Waals surface area contributed by atoms with Gasteiger partial charge in [-0.3, -0.25) is 9.59 Å². The lowest BCUT2D eigenvalue weighted by molar-refractivity contribution is -0.195. The van der Waals surface area contributed by atoms with Crippen LogP contribution in [0.4, 0.5) is 0 Å². The molecule has 2 aliphatic heterocycles. The van der Waals surface area contributed by atoms with Gasteiger partial charge in [0.2, 0.25) is 5.72 Å². The summed E-state index contributed by atoms with van der Waals surface area (Å²) in [7, 11) is 1.47. The summed E-state index contributed by atoms with van der Waals surface area (Å²) in [6.07, 6.45) is 0.513. The van der Waals surface area contributed by atoms with Crippen molar-refractivity contribution in [3.8, 4) is 0 Å². The van der Waals surface area contributed by atoms with Gasteiger partial charge in [-0.1, -0.05) is 42.5 Å². The highest BCUT2D eigenvalue weighted by molar-refractivity contribution is 8.00. The fraction of sp³-hybridized carbons (Fsp3) is 0.471. The van der Waals surface area contributed by atoms with Crippen LogP contribution in [0.25, 0.3) is 0 Å². The van der Waals surface area contributed by atoms with Gasteiger partial charge in [0.1, 0.15) is 5.37 Å². The van der Waals surface area contributed by atoms with Crippen LogP contribution in [-0.4, -0.2) is 57.4 Å². The van der Waals surface area contributed by atoms with Crippen LogP contribution in [0.1, 0.15) is 12.5 Å². The van der Waals surface area contributed by atoms with Crippen molar-refractivity contribution in [2.75, 3.05) is 19.4 Å². The first-order valence-electron chi connectivity index (χ1n) is 7.88. The molecular formula is C17H20N2O4S2. The molecule has 25 heavy (non-hydrogen) atoms. The molecule has 1 aromatic carbocycles. The number of carboxylic acid groups (broad SMARTS) is 1. The minimum Gasteiger partial charge on any atom is -0.481 e. The quantitative estimate of drug-likeness (QED) is 0.455. The summed E-state index contributed by atoms with van der Waals surface area (Å²) in [4.78, 5) is 26.3. The molecule has 0 bridgehead atoms. The van der Waals surface area contributed by atoms with E-state index in [1.54, 1.807) is 11.8 Å². The van der Waals surface area contributed by atoms with Gasteiger partial charge in [-0.05, 0) is 12.5 Å². The molecule has 1 amide bonds. The number of aliphatic carboxylic acids is 1. The van der Waals surface area contributed by atoms with Gasteiger partial charge in [0, 0.05) is 25.8 Å². The van der Waals surface area contributed by atoms with Crippen LogP contribution >= 0.6 is 24.0 Å². The van der Waals surface area contributed by atoms with Gasteiger partial charge < -0.3 is 20.1 Å². The molecule has 8 heteroatoms. The Labute approximate surface area is 155 Å². The topological polar surface area (TPSA) is 78.9 Å². The fourth-order valence-corrected chi connectivity index (χ4v) is 5.04. The number of hydrogen-bond acceptors (Lipinski definition) is 5. The van der Waals surface area contributed by atoms with Crippen molar-refractivity contribution in [3.05, 3.63) is 35.9 Å². The molecular weight excluding hydrogens is 360 g/mol. The largest absolute Gasteiger partial charge is 0.481 e. The zero-order valence-corrected chi connectivity index (χ0v) is 15.7. The number of β-lactam (4-membered cyclic amide) rings is 1. The summed E-state index contributed by atoms with van der Waals surface area (Å²) >= 11 is 6.83. The van der Waals surface area contributed by atoms with Crippen molar-refractivity contribution in [1.82, 2.24) is 10.2 Å². The molecule has 134 valence electrons. The predicted octanol–water partition coefficient (Wildman–Crippen LogP) is 1.49. The number of thioether (sulfide) groups is 1. The highest BCUT2D eigenvalue weighted by Gasteiger charge is 2.66. The van der Waals surface area contributed by atoms with Crippen LogP contribution in [0.5, 0.6) is 0 Å². The Morgan fingerprint density at radius 2 is 2.16 bits per heavy atom. The number of hydrogen-bond donors (Lipinski definition) is 2. The average Bonchev–Trinajstić information content (AvgIpc) is 2.60. The lowest BCUT2D eigenvalue weighted by atomic mass is 9.88. The molecule has 2 saturated heterocycles. The lowest BCUT2D eigenvalue weighted by Crippen LogP contribution is -2.82. The summed E-state index contributed by atoms with van der Waals surface area (Å²) in [5, 5.41) is 12.2. The van der Waals surface area contributed by atoms with E-state index in [2.05, 4.69) is 5.32 Å². The molecule has 2 unspecified atom stereocenters. The molecule has 2 fully saturated rings. The highest BCUT2D eigenvalue weighted by atomic mass is 32.2. The Balaban J connectivity index is 1.71. The zero-order valence-electron chi connectivity index (χ0n) is 14.0. The lowest BCUT2D eigenvalue weighted by Gasteiger charge is -2.58. The molecule has 3 atom stereocenters. The fourth-order valence-electron chi connectivity index (χ4n) is 3.14. The van der Waals surface area contributed by atoms with E-state index in [4.69, 9.17) is 17.0 Å². The monoisotopic (exact) mass is 380 g/mol. The van der Waals surface area contributed by atoms with Gasteiger partial charge in [0.25, 0.3) is 5.91 Å². The van der Waals surface area contributed by atoms with Gasteiger partial charge in [-0.15, -0.1) is 11.8 Å². The number of methoxy groups -OCH3 is 1. The van der Waals surface area contributed by atoms with Crippen LogP contribution < -0.4 is 5.32 Å². The number of carboxylic acids is 1. The van der Waals surface area contributed by atoms with Gasteiger partial charge in [0.15, 0.2) is 0 Å². The Hall–Kier alpha value is -1.64. The van der Waals surface area contributed by atoms with Crippen molar-refractivity contribution in [1.29, 1.82) is 0 Å². The first-order chi connectivity index (χ1) is 11.8. The summed E-state index contributed by atoms with van der Waals surface area (Å²) in [5.41, 5.74) is -1.11. The molecule has 1 aromatic rings. The third-order valence-electron chi connectivity index (χ3n) is 4.66. The van der Waals surface area contributed by atoms with Gasteiger partial charge in [-0.25, -0.2) is 0 Å². The van der Waals surface area contributed by atoms with E-state index < -0.39 is 17.1 Å². The summed E-state index contributed by atoms with van der Waals surface area (Å²) in [6.45, 7) is 1.84. The Morgan fingerprint density at radius 1 is 1.48 bits per heavy atom. The van der Waals surface area contributed by atoms with Crippen molar-refractivity contribution in [3.63, 3.8) is 0 Å². The normalized spacial score (nSPS) is 31.0. The maximum absolute atomic E-state index is 12.7. The van der Waals surface area contributed by atoms with Crippen molar-refractivity contribution >= 4 is 40.8 Å². The van der Waals surface area contributed by atoms with E-state index in [0.29, 0.717) is 17.2 Å². The molecule has 0 aliphatic carbocycles. The number of fused-ring (bicyclic) bond motifs is 1. The molecule has 2 N–H and O–H groups in total. The number of carbonyl (C=O) groups is 2. The average molecular weight is 380 g/mol. The second-order valence-electron chi connectivity index (χ2n) is 6.61. The molecule has 6 nitrogen and oxygen atoms in total. The van der Waals surface area contributed by atoms with Crippen LogP contribution in [0, 0.1) is 5.41 Å². The van der Waals surface area contributed by atoms with E-state index in [-0.39, 0.29) is 17.8 Å². The summed E-state index contributed by atoms with van der Waals surface area (Å²) < 4.78 is 5.53. The van der Waals surface area contributed by atoms with E-state index in [1.165, 1.54) is 18.9 Å². The molecule has 3 rings (SSSR count). The molecule has 0 saturated carbocycles. The number of rotatable bonds is 5. The third kappa shape index (κ3) is 3.02. The number of carbonyl (C=O) groups excluding carboxylic acids is 1. The van der Waals surface area contributed by atoms with E-state index in [9.17, 15) is 14.7 Å². The summed E-state index contributed by atoms with van der Waals surface area (Å²) in [5.74, 6) is -0.751. The maximum Gasteiger partial charge on any atom is 0.312 e. The molecule has 0 radical (unpaired) electrons. The van der Waals surface area contributed by atoms with Crippen LogP contribution in [0.3, 0.4) is 0 Å². The van der Waals surface area contributed by atoms with Gasteiger partial charge >= 0.3 is 5.97 Å². The van der Waals surface area contributed by atoms with Crippen LogP contribution in [0.2, 0.25) is 0 Å². The highest BCUT2D eigenvalue weighted by Crippen LogP contribution is 2.47. The number of benzene rings is 1. The smallest absolute Gasteiger partial charge is 0.312 e. The Morgan fingerprint density at radius 3 is 2.76 bits per heavy atom. The Kier molecular flexibility index (Phi) is 4.78. The van der Waals surface area contributed by atoms with E-state index in [0.717, 1.165) is 5.56 Å².